The molecule has 9 heteroatoms. The number of aromatic nitrogens is 1. The molecule has 0 aliphatic carbocycles. The molecule has 1 aliphatic heterocycles. The molecule has 152 valence electrons. The first-order valence-corrected chi connectivity index (χ1v) is 8.38. The number of aliphatic hydroxyl groups excluding tert-OH is 1. The number of Topliss-reactive ketones (excluding diaryl/α,β-unsaturated/α-hetero) is 1. The summed E-state index contributed by atoms with van der Waals surface area (Å²) < 4.78 is 5.17. The van der Waals surface area contributed by atoms with Crippen LogP contribution in [0.5, 0.6) is 0 Å². The van der Waals surface area contributed by atoms with Gasteiger partial charge in [-0.3, -0.25) is 14.6 Å². The lowest BCUT2D eigenvalue weighted by Crippen LogP contribution is -2.33. The van der Waals surface area contributed by atoms with E-state index in [-0.39, 0.29) is 36.1 Å². The fourth-order valence-electron chi connectivity index (χ4n) is 3.06. The lowest BCUT2D eigenvalue weighted by Gasteiger charge is -2.26. The van der Waals surface area contributed by atoms with E-state index in [2.05, 4.69) is 4.98 Å². The standard InChI is InChI=1S/C19H21N3O4.2ClH/c1-21(2)10-6-11-22-16(13-7-3-4-9-20-13)15(18(24)19(22)25)17(23)14-8-5-12-26-14;;/h3-5,7-9,12,16,24H,6,10-11H2,1-2H3;2*1H. The van der Waals surface area contributed by atoms with Crippen LogP contribution >= 0.6 is 24.8 Å². The zero-order valence-electron chi connectivity index (χ0n) is 15.6. The van der Waals surface area contributed by atoms with E-state index in [0.29, 0.717) is 18.7 Å². The Morgan fingerprint density at radius 1 is 1.25 bits per heavy atom. The van der Waals surface area contributed by atoms with Crippen molar-refractivity contribution in [1.29, 1.82) is 0 Å². The highest BCUT2D eigenvalue weighted by molar-refractivity contribution is 6.14. The summed E-state index contributed by atoms with van der Waals surface area (Å²) in [7, 11) is 3.90. The van der Waals surface area contributed by atoms with E-state index in [1.807, 2.05) is 19.0 Å². The summed E-state index contributed by atoms with van der Waals surface area (Å²) in [5.41, 5.74) is 0.540. The number of furan rings is 1. The van der Waals surface area contributed by atoms with Crippen LogP contribution in [-0.2, 0) is 4.79 Å². The van der Waals surface area contributed by atoms with Crippen molar-refractivity contribution in [2.24, 2.45) is 0 Å². The summed E-state index contributed by atoms with van der Waals surface area (Å²) in [4.78, 5) is 33.3. The van der Waals surface area contributed by atoms with Crippen molar-refractivity contribution in [3.63, 3.8) is 0 Å². The van der Waals surface area contributed by atoms with Crippen molar-refractivity contribution in [2.75, 3.05) is 27.2 Å². The highest BCUT2D eigenvalue weighted by Gasteiger charge is 2.44. The van der Waals surface area contributed by atoms with Gasteiger partial charge in [0.2, 0.25) is 5.78 Å². The highest BCUT2D eigenvalue weighted by Crippen LogP contribution is 2.38. The maximum absolute atomic E-state index is 12.8. The van der Waals surface area contributed by atoms with E-state index < -0.39 is 23.5 Å². The number of pyridine rings is 1. The van der Waals surface area contributed by atoms with Crippen LogP contribution in [0.15, 0.2) is 58.5 Å². The summed E-state index contributed by atoms with van der Waals surface area (Å²) >= 11 is 0. The molecule has 1 aliphatic rings. The van der Waals surface area contributed by atoms with Gasteiger partial charge in [-0.25, -0.2) is 0 Å². The van der Waals surface area contributed by atoms with Gasteiger partial charge in [0, 0.05) is 12.7 Å². The van der Waals surface area contributed by atoms with Crippen LogP contribution in [0.1, 0.15) is 28.7 Å². The minimum atomic E-state index is -0.733. The fourth-order valence-corrected chi connectivity index (χ4v) is 3.06. The van der Waals surface area contributed by atoms with Gasteiger partial charge in [-0.15, -0.1) is 24.8 Å². The number of carbonyl (C=O) groups is 2. The average Bonchev–Trinajstić information content (AvgIpc) is 3.24. The van der Waals surface area contributed by atoms with Crippen LogP contribution in [0.25, 0.3) is 0 Å². The molecule has 1 atom stereocenters. The molecule has 0 fully saturated rings. The molecule has 28 heavy (non-hydrogen) atoms. The normalized spacial score (nSPS) is 16.2. The summed E-state index contributed by atoms with van der Waals surface area (Å²) in [5, 5.41) is 10.4. The Hall–Kier alpha value is -2.35. The number of rotatable bonds is 7. The quantitative estimate of drug-likeness (QED) is 0.683. The maximum Gasteiger partial charge on any atom is 0.290 e. The van der Waals surface area contributed by atoms with Gasteiger partial charge in [0.05, 0.1) is 17.5 Å². The van der Waals surface area contributed by atoms with Crippen molar-refractivity contribution in [2.45, 2.75) is 12.5 Å². The second-order valence-corrected chi connectivity index (χ2v) is 6.38. The summed E-state index contributed by atoms with van der Waals surface area (Å²) in [5.74, 6) is -1.52. The number of hydrogen-bond acceptors (Lipinski definition) is 6. The van der Waals surface area contributed by atoms with Gasteiger partial charge in [-0.2, -0.15) is 0 Å². The first-order valence-electron chi connectivity index (χ1n) is 8.38. The molecule has 2 aromatic heterocycles. The van der Waals surface area contributed by atoms with E-state index in [9.17, 15) is 14.7 Å². The Kier molecular flexibility index (Phi) is 8.68. The number of aliphatic hydroxyl groups is 1. The number of halogens is 2. The van der Waals surface area contributed by atoms with Crippen LogP contribution in [0, 0.1) is 0 Å². The summed E-state index contributed by atoms with van der Waals surface area (Å²) in [6.07, 6.45) is 3.69. The third kappa shape index (κ3) is 4.73. The largest absolute Gasteiger partial charge is 0.503 e. The topological polar surface area (TPSA) is 86.9 Å². The molecule has 1 N–H and O–H groups in total. The molecule has 0 radical (unpaired) electrons. The molecule has 3 heterocycles. The monoisotopic (exact) mass is 427 g/mol. The molecule has 2 aromatic rings. The molecule has 1 unspecified atom stereocenters. The molecule has 0 bridgehead atoms. The molecular formula is C19H23Cl2N3O4. The van der Waals surface area contributed by atoms with Gasteiger partial charge < -0.3 is 19.3 Å². The van der Waals surface area contributed by atoms with Crippen LogP contribution in [0.3, 0.4) is 0 Å². The minimum absolute atomic E-state index is 0. The average molecular weight is 428 g/mol. The smallest absolute Gasteiger partial charge is 0.290 e. The van der Waals surface area contributed by atoms with E-state index >= 15 is 0 Å². The highest BCUT2D eigenvalue weighted by atomic mass is 35.5. The first-order chi connectivity index (χ1) is 12.5. The lowest BCUT2D eigenvalue weighted by atomic mass is 9.98. The molecule has 1 amide bonds. The van der Waals surface area contributed by atoms with Crippen molar-refractivity contribution < 1.29 is 19.1 Å². The van der Waals surface area contributed by atoms with Gasteiger partial charge in [0.1, 0.15) is 6.04 Å². The number of nitrogens with zero attached hydrogens (tertiary/aromatic N) is 3. The van der Waals surface area contributed by atoms with Gasteiger partial charge in [0.25, 0.3) is 5.91 Å². The SMILES string of the molecule is CN(C)CCCN1C(=O)C(O)=C(C(=O)c2ccco2)C1c1ccccn1.Cl.Cl. The Labute approximate surface area is 175 Å². The summed E-state index contributed by atoms with van der Waals surface area (Å²) in [6, 6.07) is 7.65. The van der Waals surface area contributed by atoms with Crippen molar-refractivity contribution in [3.8, 4) is 0 Å². The Morgan fingerprint density at radius 3 is 2.57 bits per heavy atom. The van der Waals surface area contributed by atoms with Gasteiger partial charge in [-0.1, -0.05) is 6.07 Å². The third-order valence-corrected chi connectivity index (χ3v) is 4.27. The van der Waals surface area contributed by atoms with Crippen molar-refractivity contribution in [1.82, 2.24) is 14.8 Å². The molecular weight excluding hydrogens is 405 g/mol. The zero-order valence-corrected chi connectivity index (χ0v) is 17.2. The Morgan fingerprint density at radius 2 is 2.00 bits per heavy atom. The first kappa shape index (κ1) is 23.7. The van der Waals surface area contributed by atoms with E-state index in [1.54, 1.807) is 30.5 Å². The van der Waals surface area contributed by atoms with Crippen LogP contribution in [0.4, 0.5) is 0 Å². The van der Waals surface area contributed by atoms with Gasteiger partial charge in [-0.05, 0) is 51.3 Å². The number of ketones is 1. The fraction of sp³-hybridized carbons (Fsp3) is 0.316. The number of amides is 1. The van der Waals surface area contributed by atoms with Gasteiger partial charge in [0.15, 0.2) is 11.5 Å². The predicted molar refractivity (Wildman–Crippen MR) is 109 cm³/mol. The lowest BCUT2D eigenvalue weighted by molar-refractivity contribution is -0.129. The molecule has 0 spiro atoms. The molecule has 0 saturated carbocycles. The van der Waals surface area contributed by atoms with Gasteiger partial charge >= 0.3 is 0 Å². The second kappa shape index (κ2) is 10.3. The molecule has 7 nitrogen and oxygen atoms in total. The van der Waals surface area contributed by atoms with E-state index in [1.165, 1.54) is 17.2 Å². The predicted octanol–water partition coefficient (Wildman–Crippen LogP) is 3.05. The van der Waals surface area contributed by atoms with Crippen LogP contribution in [0.2, 0.25) is 0 Å². The summed E-state index contributed by atoms with van der Waals surface area (Å²) in [6.45, 7) is 1.18. The van der Waals surface area contributed by atoms with E-state index in [0.717, 1.165) is 6.54 Å². The number of carbonyl (C=O) groups excluding carboxylic acids is 2. The Balaban J connectivity index is 0.00000196. The maximum atomic E-state index is 12.8. The third-order valence-electron chi connectivity index (χ3n) is 4.27. The van der Waals surface area contributed by atoms with Crippen LogP contribution in [-0.4, -0.2) is 58.8 Å². The minimum Gasteiger partial charge on any atom is -0.503 e. The zero-order chi connectivity index (χ0) is 18.7. The Bertz CT molecular complexity index is 823. The van der Waals surface area contributed by atoms with Crippen LogP contribution < -0.4 is 0 Å². The molecule has 0 saturated heterocycles. The molecule has 0 aromatic carbocycles. The molecule has 3 rings (SSSR count). The second-order valence-electron chi connectivity index (χ2n) is 6.38. The van der Waals surface area contributed by atoms with Crippen molar-refractivity contribution in [3.05, 3.63) is 65.6 Å². The van der Waals surface area contributed by atoms with Crippen molar-refractivity contribution >= 4 is 36.5 Å². The van der Waals surface area contributed by atoms with E-state index in [4.69, 9.17) is 4.42 Å². The number of hydrogen-bond donors (Lipinski definition) is 1.